The Kier molecular flexibility index (Phi) is 1.59. The fourth-order valence-electron chi connectivity index (χ4n) is 1.35. The first kappa shape index (κ1) is 7.39. The van der Waals surface area contributed by atoms with Gasteiger partial charge >= 0.3 is 6.11 Å². The van der Waals surface area contributed by atoms with E-state index in [0.29, 0.717) is 6.61 Å². The van der Waals surface area contributed by atoms with Crippen LogP contribution in [0.2, 0.25) is 0 Å². The molecule has 0 aliphatic carbocycles. The fraction of sp³-hybridized carbons (Fsp3) is 1.00. The van der Waals surface area contributed by atoms with Crippen molar-refractivity contribution in [1.29, 1.82) is 0 Å². The summed E-state index contributed by atoms with van der Waals surface area (Å²) in [6, 6.07) is -0.0466. The van der Waals surface area contributed by atoms with E-state index in [9.17, 15) is 8.78 Å². The van der Waals surface area contributed by atoms with Crippen LogP contribution < -0.4 is 5.32 Å². The van der Waals surface area contributed by atoms with Crippen LogP contribution in [0.4, 0.5) is 8.78 Å². The summed E-state index contributed by atoms with van der Waals surface area (Å²) in [5.41, 5.74) is 0. The van der Waals surface area contributed by atoms with E-state index < -0.39 is 18.8 Å². The SMILES string of the molecule is FC1(F)CN[C@@H]2COC[C@H]2O1. The van der Waals surface area contributed by atoms with Gasteiger partial charge in [0.05, 0.1) is 25.8 Å². The van der Waals surface area contributed by atoms with Crippen LogP contribution in [0, 0.1) is 0 Å². The molecule has 1 N–H and O–H groups in total. The van der Waals surface area contributed by atoms with Crippen molar-refractivity contribution < 1.29 is 18.3 Å². The molecule has 0 radical (unpaired) electrons. The van der Waals surface area contributed by atoms with Crippen molar-refractivity contribution in [3.8, 4) is 0 Å². The molecule has 0 aromatic carbocycles. The topological polar surface area (TPSA) is 30.5 Å². The van der Waals surface area contributed by atoms with E-state index in [4.69, 9.17) is 4.74 Å². The Labute approximate surface area is 62.7 Å². The van der Waals surface area contributed by atoms with Gasteiger partial charge < -0.3 is 14.8 Å². The van der Waals surface area contributed by atoms with Gasteiger partial charge in [0.1, 0.15) is 6.10 Å². The normalized spacial score (nSPS) is 42.0. The third kappa shape index (κ3) is 1.36. The molecule has 2 heterocycles. The molecule has 64 valence electrons. The molecule has 0 bridgehead atoms. The van der Waals surface area contributed by atoms with Crippen LogP contribution >= 0.6 is 0 Å². The number of rotatable bonds is 0. The van der Waals surface area contributed by atoms with Gasteiger partial charge in [0.2, 0.25) is 0 Å². The van der Waals surface area contributed by atoms with Crippen molar-refractivity contribution in [2.75, 3.05) is 19.8 Å². The summed E-state index contributed by atoms with van der Waals surface area (Å²) < 4.78 is 34.4. The molecule has 0 saturated carbocycles. The lowest BCUT2D eigenvalue weighted by atomic mass is 10.2. The second-order valence-electron chi connectivity index (χ2n) is 2.82. The Bertz CT molecular complexity index is 165. The van der Waals surface area contributed by atoms with E-state index in [1.807, 2.05) is 0 Å². The van der Waals surface area contributed by atoms with Gasteiger partial charge in [-0.3, -0.25) is 0 Å². The standard InChI is InChI=1S/C6H9F2NO2/c7-6(8)3-9-4-1-10-2-5(4)11-6/h4-5,9H,1-3H2/t4-,5-/m1/s1. The van der Waals surface area contributed by atoms with Crippen molar-refractivity contribution in [3.05, 3.63) is 0 Å². The zero-order valence-corrected chi connectivity index (χ0v) is 5.85. The Morgan fingerprint density at radius 1 is 1.36 bits per heavy atom. The van der Waals surface area contributed by atoms with Crippen molar-refractivity contribution >= 4 is 0 Å². The van der Waals surface area contributed by atoms with Crippen molar-refractivity contribution in [2.24, 2.45) is 0 Å². The number of nitrogens with one attached hydrogen (secondary N) is 1. The minimum atomic E-state index is -3.02. The molecule has 0 aromatic heterocycles. The van der Waals surface area contributed by atoms with E-state index >= 15 is 0 Å². The molecule has 11 heavy (non-hydrogen) atoms. The van der Waals surface area contributed by atoms with E-state index in [1.54, 1.807) is 0 Å². The number of fused-ring (bicyclic) bond motifs is 1. The third-order valence-electron chi connectivity index (χ3n) is 1.92. The molecule has 2 atom stereocenters. The van der Waals surface area contributed by atoms with Gasteiger partial charge in [-0.2, -0.15) is 8.78 Å². The molecule has 2 aliphatic rings. The molecule has 2 fully saturated rings. The number of morpholine rings is 1. The van der Waals surface area contributed by atoms with E-state index in [2.05, 4.69) is 10.1 Å². The summed E-state index contributed by atoms with van der Waals surface area (Å²) in [7, 11) is 0. The molecular weight excluding hydrogens is 156 g/mol. The molecular formula is C6H9F2NO2. The van der Waals surface area contributed by atoms with Gasteiger partial charge in [-0.25, -0.2) is 0 Å². The van der Waals surface area contributed by atoms with Crippen LogP contribution in [-0.4, -0.2) is 38.0 Å². The zero-order valence-electron chi connectivity index (χ0n) is 5.85. The number of halogens is 2. The molecule has 5 heteroatoms. The lowest BCUT2D eigenvalue weighted by molar-refractivity contribution is -0.277. The number of ether oxygens (including phenoxy) is 2. The highest BCUT2D eigenvalue weighted by Crippen LogP contribution is 2.25. The van der Waals surface area contributed by atoms with Gasteiger partial charge in [0.25, 0.3) is 0 Å². The highest BCUT2D eigenvalue weighted by atomic mass is 19.3. The maximum Gasteiger partial charge on any atom is 0.368 e. The molecule has 3 nitrogen and oxygen atoms in total. The summed E-state index contributed by atoms with van der Waals surface area (Å²) >= 11 is 0. The third-order valence-corrected chi connectivity index (χ3v) is 1.92. The predicted octanol–water partition coefficient (Wildman–Crippen LogP) is -0.0336. The van der Waals surface area contributed by atoms with Gasteiger partial charge in [-0.1, -0.05) is 0 Å². The second-order valence-corrected chi connectivity index (χ2v) is 2.82. The highest BCUT2D eigenvalue weighted by Gasteiger charge is 2.44. The molecule has 0 unspecified atom stereocenters. The maximum absolute atomic E-state index is 12.5. The van der Waals surface area contributed by atoms with Crippen LogP contribution in [0.1, 0.15) is 0 Å². The Hall–Kier alpha value is -0.260. The summed E-state index contributed by atoms with van der Waals surface area (Å²) in [6.45, 7) is 0.339. The van der Waals surface area contributed by atoms with Gasteiger partial charge in [0, 0.05) is 0 Å². The van der Waals surface area contributed by atoms with Crippen molar-refractivity contribution in [3.63, 3.8) is 0 Å². The summed E-state index contributed by atoms with van der Waals surface area (Å²) in [4.78, 5) is 0. The largest absolute Gasteiger partial charge is 0.377 e. The number of alkyl halides is 2. The molecule has 2 rings (SSSR count). The second kappa shape index (κ2) is 2.36. The number of hydrogen-bond acceptors (Lipinski definition) is 3. The zero-order chi connectivity index (χ0) is 7.90. The molecule has 2 aliphatic heterocycles. The minimum absolute atomic E-state index is 0.0466. The monoisotopic (exact) mass is 165 g/mol. The molecule has 2 saturated heterocycles. The van der Waals surface area contributed by atoms with Crippen LogP contribution in [0.25, 0.3) is 0 Å². The van der Waals surface area contributed by atoms with Crippen LogP contribution in [0.15, 0.2) is 0 Å². The molecule has 0 spiro atoms. The first-order valence-corrected chi connectivity index (χ1v) is 3.54. The van der Waals surface area contributed by atoms with Crippen LogP contribution in [-0.2, 0) is 9.47 Å². The molecule has 0 aromatic rings. The van der Waals surface area contributed by atoms with E-state index in [-0.39, 0.29) is 12.6 Å². The summed E-state index contributed by atoms with van der Waals surface area (Å²) in [5, 5.41) is 2.67. The average molecular weight is 165 g/mol. The van der Waals surface area contributed by atoms with Gasteiger partial charge in [0.15, 0.2) is 0 Å². The van der Waals surface area contributed by atoms with Crippen molar-refractivity contribution in [2.45, 2.75) is 18.3 Å². The van der Waals surface area contributed by atoms with Crippen LogP contribution in [0.3, 0.4) is 0 Å². The average Bonchev–Trinajstić information content (AvgIpc) is 2.31. The van der Waals surface area contributed by atoms with Crippen molar-refractivity contribution in [1.82, 2.24) is 5.32 Å². The fourth-order valence-corrected chi connectivity index (χ4v) is 1.35. The number of hydrogen-bond donors (Lipinski definition) is 1. The maximum atomic E-state index is 12.5. The highest BCUT2D eigenvalue weighted by molar-refractivity contribution is 4.87. The lowest BCUT2D eigenvalue weighted by Crippen LogP contribution is -2.54. The van der Waals surface area contributed by atoms with Crippen LogP contribution in [0.5, 0.6) is 0 Å². The molecule has 0 amide bonds. The lowest BCUT2D eigenvalue weighted by Gasteiger charge is -2.31. The Balaban J connectivity index is 2.02. The van der Waals surface area contributed by atoms with E-state index in [0.717, 1.165) is 0 Å². The summed E-state index contributed by atoms with van der Waals surface area (Å²) in [6.07, 6.45) is -3.49. The van der Waals surface area contributed by atoms with Gasteiger partial charge in [-0.15, -0.1) is 0 Å². The Morgan fingerprint density at radius 2 is 2.18 bits per heavy atom. The first-order chi connectivity index (χ1) is 5.17. The Morgan fingerprint density at radius 3 is 3.00 bits per heavy atom. The predicted molar refractivity (Wildman–Crippen MR) is 32.4 cm³/mol. The first-order valence-electron chi connectivity index (χ1n) is 3.54. The summed E-state index contributed by atoms with van der Waals surface area (Å²) in [5.74, 6) is 0. The quantitative estimate of drug-likeness (QED) is 0.546. The van der Waals surface area contributed by atoms with E-state index in [1.165, 1.54) is 0 Å². The minimum Gasteiger partial charge on any atom is -0.377 e. The van der Waals surface area contributed by atoms with Gasteiger partial charge in [-0.05, 0) is 0 Å². The smallest absolute Gasteiger partial charge is 0.368 e.